The lowest BCUT2D eigenvalue weighted by Gasteiger charge is -2.02. The van der Waals surface area contributed by atoms with Crippen LogP contribution in [-0.4, -0.2) is 14.7 Å². The number of hydrogen-bond acceptors (Lipinski definition) is 3. The van der Waals surface area contributed by atoms with Gasteiger partial charge in [0.2, 0.25) is 0 Å². The molecule has 0 fully saturated rings. The Morgan fingerprint density at radius 2 is 2.31 bits per heavy atom. The zero-order valence-corrected chi connectivity index (χ0v) is 7.06. The van der Waals surface area contributed by atoms with Gasteiger partial charge in [-0.25, -0.2) is 0 Å². The number of hydrogen-bond donors (Lipinski definition) is 1. The summed E-state index contributed by atoms with van der Waals surface area (Å²) in [5.41, 5.74) is 0.0957. The second-order valence-electron chi connectivity index (χ2n) is 2.83. The predicted molar refractivity (Wildman–Crippen MR) is 48.6 cm³/mol. The molecule has 13 heavy (non-hydrogen) atoms. The molecular weight excluding hydrogens is 168 g/mol. The van der Waals surface area contributed by atoms with Gasteiger partial charge in [-0.2, -0.15) is 0 Å². The highest BCUT2D eigenvalue weighted by atomic mass is 16.3. The number of aryl methyl sites for hydroxylation is 1. The maximum Gasteiger partial charge on any atom is 0.277 e. The largest absolute Gasteiger partial charge is 0.506 e. The minimum atomic E-state index is -0.201. The normalized spacial score (nSPS) is 10.5. The predicted octanol–water partition coefficient (Wildman–Crippen LogP) is 0.639. The van der Waals surface area contributed by atoms with Crippen LogP contribution in [-0.2, 0) is 7.05 Å². The third kappa shape index (κ3) is 1.07. The molecule has 0 aliphatic heterocycles. The summed E-state index contributed by atoms with van der Waals surface area (Å²) in [6.45, 7) is 0. The van der Waals surface area contributed by atoms with Crippen LogP contribution in [0.25, 0.3) is 10.9 Å². The van der Waals surface area contributed by atoms with Crippen LogP contribution in [0.1, 0.15) is 0 Å². The zero-order valence-electron chi connectivity index (χ0n) is 7.06. The smallest absolute Gasteiger partial charge is 0.277 e. The van der Waals surface area contributed by atoms with Crippen molar-refractivity contribution in [2.45, 2.75) is 0 Å². The van der Waals surface area contributed by atoms with Crippen molar-refractivity contribution >= 4 is 10.9 Å². The molecule has 0 unspecified atom stereocenters. The van der Waals surface area contributed by atoms with Crippen molar-refractivity contribution < 1.29 is 5.11 Å². The molecule has 0 spiro atoms. The summed E-state index contributed by atoms with van der Waals surface area (Å²) in [6.07, 6.45) is 2.91. The zero-order chi connectivity index (χ0) is 9.42. The number of aromatic hydroxyl groups is 1. The van der Waals surface area contributed by atoms with Crippen molar-refractivity contribution in [3.8, 4) is 5.75 Å². The first-order chi connectivity index (χ1) is 6.20. The molecule has 0 amide bonds. The number of nitrogens with zero attached hydrogens (tertiary/aromatic N) is 2. The third-order valence-corrected chi connectivity index (χ3v) is 1.92. The standard InChI is InChI=1S/C9H8N2O2/c1-11-5-7(12)6-3-2-4-10-8(6)9(11)13/h2-5,12H,1H3. The average Bonchev–Trinajstić information content (AvgIpc) is 2.15. The number of pyridine rings is 2. The molecule has 0 bridgehead atoms. The van der Waals surface area contributed by atoms with E-state index in [1.165, 1.54) is 17.0 Å². The first kappa shape index (κ1) is 7.79. The lowest BCUT2D eigenvalue weighted by Crippen LogP contribution is -2.16. The first-order valence-electron chi connectivity index (χ1n) is 3.83. The molecule has 0 radical (unpaired) electrons. The van der Waals surface area contributed by atoms with E-state index >= 15 is 0 Å². The number of rotatable bonds is 0. The Labute approximate surface area is 74.1 Å². The molecule has 2 rings (SSSR count). The molecule has 0 saturated carbocycles. The number of fused-ring (bicyclic) bond motifs is 1. The molecule has 0 atom stereocenters. The maximum absolute atomic E-state index is 11.5. The van der Waals surface area contributed by atoms with Gasteiger partial charge in [0.1, 0.15) is 11.3 Å². The molecule has 0 saturated heterocycles. The summed E-state index contributed by atoms with van der Waals surface area (Å²) in [7, 11) is 1.58. The first-order valence-corrected chi connectivity index (χ1v) is 3.83. The van der Waals surface area contributed by atoms with E-state index in [-0.39, 0.29) is 11.3 Å². The molecule has 2 aromatic heterocycles. The Morgan fingerprint density at radius 1 is 1.54 bits per heavy atom. The van der Waals surface area contributed by atoms with Crippen molar-refractivity contribution in [1.82, 2.24) is 9.55 Å². The highest BCUT2D eigenvalue weighted by Gasteiger charge is 2.05. The van der Waals surface area contributed by atoms with Gasteiger partial charge in [0.15, 0.2) is 0 Å². The molecule has 0 aromatic carbocycles. The van der Waals surface area contributed by atoms with Crippen LogP contribution >= 0.6 is 0 Å². The Morgan fingerprint density at radius 3 is 3.08 bits per heavy atom. The number of aromatic nitrogens is 2. The van der Waals surface area contributed by atoms with Crippen molar-refractivity contribution in [3.63, 3.8) is 0 Å². The Balaban J connectivity index is 3.06. The van der Waals surface area contributed by atoms with E-state index in [0.29, 0.717) is 10.9 Å². The third-order valence-electron chi connectivity index (χ3n) is 1.92. The van der Waals surface area contributed by atoms with Crippen LogP contribution in [0.5, 0.6) is 5.75 Å². The lowest BCUT2D eigenvalue weighted by molar-refractivity contribution is 0.475. The van der Waals surface area contributed by atoms with E-state index in [1.807, 2.05) is 0 Å². The van der Waals surface area contributed by atoms with Crippen LogP contribution in [0.4, 0.5) is 0 Å². The van der Waals surface area contributed by atoms with Gasteiger partial charge in [-0.15, -0.1) is 0 Å². The van der Waals surface area contributed by atoms with Crippen LogP contribution in [0.2, 0.25) is 0 Å². The summed E-state index contributed by atoms with van der Waals surface area (Å²) >= 11 is 0. The minimum absolute atomic E-state index is 0.0743. The van der Waals surface area contributed by atoms with Crippen molar-refractivity contribution in [2.24, 2.45) is 7.05 Å². The van der Waals surface area contributed by atoms with Crippen LogP contribution in [0.15, 0.2) is 29.3 Å². The van der Waals surface area contributed by atoms with Crippen LogP contribution in [0, 0.1) is 0 Å². The van der Waals surface area contributed by atoms with Gasteiger partial charge >= 0.3 is 0 Å². The molecule has 4 nitrogen and oxygen atoms in total. The van der Waals surface area contributed by atoms with Crippen LogP contribution in [0.3, 0.4) is 0 Å². The van der Waals surface area contributed by atoms with Gasteiger partial charge < -0.3 is 9.67 Å². The Kier molecular flexibility index (Phi) is 1.55. The maximum atomic E-state index is 11.5. The van der Waals surface area contributed by atoms with E-state index in [9.17, 15) is 9.90 Å². The lowest BCUT2D eigenvalue weighted by atomic mass is 10.2. The SMILES string of the molecule is Cn1cc(O)c2cccnc2c1=O. The van der Waals surface area contributed by atoms with Gasteiger partial charge in [0, 0.05) is 24.8 Å². The van der Waals surface area contributed by atoms with Crippen molar-refractivity contribution in [2.75, 3.05) is 0 Å². The summed E-state index contributed by atoms with van der Waals surface area (Å²) in [6, 6.07) is 3.35. The van der Waals surface area contributed by atoms with E-state index in [2.05, 4.69) is 4.98 Å². The fraction of sp³-hybridized carbons (Fsp3) is 0.111. The Bertz CT molecular complexity index is 516. The summed E-state index contributed by atoms with van der Waals surface area (Å²) < 4.78 is 1.31. The molecule has 2 heterocycles. The summed E-state index contributed by atoms with van der Waals surface area (Å²) in [5.74, 6) is 0.0743. The molecule has 1 N–H and O–H groups in total. The molecule has 66 valence electrons. The summed E-state index contributed by atoms with van der Waals surface area (Å²) in [4.78, 5) is 15.4. The van der Waals surface area contributed by atoms with Gasteiger partial charge in [-0.3, -0.25) is 9.78 Å². The molecule has 0 aliphatic rings. The second-order valence-corrected chi connectivity index (χ2v) is 2.83. The quantitative estimate of drug-likeness (QED) is 0.640. The second kappa shape index (κ2) is 2.58. The molecule has 0 aliphatic carbocycles. The van der Waals surface area contributed by atoms with Crippen molar-refractivity contribution in [3.05, 3.63) is 34.9 Å². The molecule has 2 aromatic rings. The van der Waals surface area contributed by atoms with Crippen molar-refractivity contribution in [1.29, 1.82) is 0 Å². The van der Waals surface area contributed by atoms with E-state index in [4.69, 9.17) is 0 Å². The van der Waals surface area contributed by atoms with Gasteiger partial charge in [0.25, 0.3) is 5.56 Å². The van der Waals surface area contributed by atoms with Gasteiger partial charge in [0.05, 0.1) is 0 Å². The fourth-order valence-electron chi connectivity index (χ4n) is 1.26. The van der Waals surface area contributed by atoms with E-state index in [1.54, 1.807) is 19.2 Å². The fourth-order valence-corrected chi connectivity index (χ4v) is 1.26. The topological polar surface area (TPSA) is 55.1 Å². The average molecular weight is 176 g/mol. The van der Waals surface area contributed by atoms with Crippen LogP contribution < -0.4 is 5.56 Å². The minimum Gasteiger partial charge on any atom is -0.506 e. The van der Waals surface area contributed by atoms with Gasteiger partial charge in [-0.05, 0) is 12.1 Å². The Hall–Kier alpha value is -1.84. The monoisotopic (exact) mass is 176 g/mol. The van der Waals surface area contributed by atoms with Gasteiger partial charge in [-0.1, -0.05) is 0 Å². The highest BCUT2D eigenvalue weighted by Crippen LogP contribution is 2.18. The van der Waals surface area contributed by atoms with E-state index in [0.717, 1.165) is 0 Å². The summed E-state index contributed by atoms with van der Waals surface area (Å²) in [5, 5.41) is 9.97. The highest BCUT2D eigenvalue weighted by molar-refractivity contribution is 5.83. The van der Waals surface area contributed by atoms with E-state index < -0.39 is 0 Å². The molecule has 4 heteroatoms. The molecular formula is C9H8N2O2.